The molecule has 1 heteroatoms. The van der Waals surface area contributed by atoms with Gasteiger partial charge in [-0.15, -0.1) is 0 Å². The summed E-state index contributed by atoms with van der Waals surface area (Å²) in [6, 6.07) is 0. The lowest BCUT2D eigenvalue weighted by Gasteiger charge is -2.62. The molecule has 132 valence electrons. The Morgan fingerprint density at radius 1 is 0.957 bits per heavy atom. The third-order valence-electron chi connectivity index (χ3n) is 9.70. The minimum absolute atomic E-state index is 0.434. The lowest BCUT2D eigenvalue weighted by molar-refractivity contribution is -0.129. The van der Waals surface area contributed by atoms with Crippen molar-refractivity contribution in [1.82, 2.24) is 0 Å². The normalized spacial score (nSPS) is 55.8. The van der Waals surface area contributed by atoms with Crippen LogP contribution >= 0.6 is 0 Å². The van der Waals surface area contributed by atoms with Crippen LogP contribution in [0.5, 0.6) is 0 Å². The molecule has 0 saturated heterocycles. The summed E-state index contributed by atoms with van der Waals surface area (Å²) in [7, 11) is 0. The molecule has 0 aromatic heterocycles. The first-order valence-corrected chi connectivity index (χ1v) is 10.7. The average molecular weight is 319 g/mol. The van der Waals surface area contributed by atoms with Gasteiger partial charge in [0.2, 0.25) is 0 Å². The molecule has 8 atom stereocenters. The number of hydrogen-bond donors (Lipinski definition) is 1. The van der Waals surface area contributed by atoms with Crippen LogP contribution in [0.2, 0.25) is 0 Å². The van der Waals surface area contributed by atoms with Gasteiger partial charge >= 0.3 is 0 Å². The van der Waals surface area contributed by atoms with E-state index < -0.39 is 0 Å². The Labute approximate surface area is 143 Å². The third-order valence-corrected chi connectivity index (χ3v) is 9.70. The predicted octanol–water partition coefficient (Wildman–Crippen LogP) is 5.66. The second-order valence-corrected chi connectivity index (χ2v) is 10.1. The van der Waals surface area contributed by atoms with Gasteiger partial charge in [0.05, 0.1) is 0 Å². The molecule has 23 heavy (non-hydrogen) atoms. The molecule has 1 N–H and O–H groups in total. The summed E-state index contributed by atoms with van der Waals surface area (Å²) in [5.41, 5.74) is 1.15. The van der Waals surface area contributed by atoms with Crippen molar-refractivity contribution in [3.05, 3.63) is 0 Å². The molecule has 0 radical (unpaired) electrons. The summed E-state index contributed by atoms with van der Waals surface area (Å²) < 4.78 is 0. The van der Waals surface area contributed by atoms with E-state index >= 15 is 0 Å². The summed E-state index contributed by atoms with van der Waals surface area (Å²) in [5.74, 6) is 5.49. The fourth-order valence-electron chi connectivity index (χ4n) is 8.38. The quantitative estimate of drug-likeness (QED) is 0.696. The standard InChI is InChI=1S/C22H38O/c1-4-22-12-9-15(2)13-16(22)5-7-18-19-8-6-17(14-23)21(19,3)11-10-20(18)22/h15-20,23H,4-14H2,1-3H3/t15-,16+,17-,18+,19+,20+,21-,22+/m1/s1. The maximum absolute atomic E-state index is 9.88. The van der Waals surface area contributed by atoms with Gasteiger partial charge in [-0.25, -0.2) is 0 Å². The molecule has 0 spiro atoms. The van der Waals surface area contributed by atoms with Gasteiger partial charge in [0.1, 0.15) is 0 Å². The van der Waals surface area contributed by atoms with Crippen LogP contribution in [0.3, 0.4) is 0 Å². The summed E-state index contributed by atoms with van der Waals surface area (Å²) in [4.78, 5) is 0. The van der Waals surface area contributed by atoms with Crippen LogP contribution in [-0.2, 0) is 0 Å². The molecule has 0 bridgehead atoms. The largest absolute Gasteiger partial charge is 0.396 e. The summed E-state index contributed by atoms with van der Waals surface area (Å²) in [6.07, 6.45) is 14.5. The van der Waals surface area contributed by atoms with Gasteiger partial charge in [-0.3, -0.25) is 0 Å². The van der Waals surface area contributed by atoms with Crippen LogP contribution in [0.4, 0.5) is 0 Å². The Kier molecular flexibility index (Phi) is 4.11. The van der Waals surface area contributed by atoms with Gasteiger partial charge < -0.3 is 5.11 Å². The van der Waals surface area contributed by atoms with Gasteiger partial charge in [0.15, 0.2) is 0 Å². The van der Waals surface area contributed by atoms with Crippen LogP contribution in [0, 0.1) is 46.3 Å². The first-order valence-electron chi connectivity index (χ1n) is 10.7. The van der Waals surface area contributed by atoms with E-state index in [2.05, 4.69) is 20.8 Å². The smallest absolute Gasteiger partial charge is 0.0464 e. The van der Waals surface area contributed by atoms with Crippen molar-refractivity contribution in [2.45, 2.75) is 85.0 Å². The molecule has 0 aromatic rings. The topological polar surface area (TPSA) is 20.2 Å². The van der Waals surface area contributed by atoms with E-state index in [0.717, 1.165) is 29.6 Å². The Morgan fingerprint density at radius 3 is 2.52 bits per heavy atom. The highest BCUT2D eigenvalue weighted by Gasteiger charge is 2.60. The summed E-state index contributed by atoms with van der Waals surface area (Å²) >= 11 is 0. The van der Waals surface area contributed by atoms with Crippen LogP contribution in [-0.4, -0.2) is 11.7 Å². The first kappa shape index (κ1) is 16.4. The maximum atomic E-state index is 9.88. The van der Waals surface area contributed by atoms with Crippen molar-refractivity contribution in [3.63, 3.8) is 0 Å². The summed E-state index contributed by atoms with van der Waals surface area (Å²) in [5, 5.41) is 9.88. The lowest BCUT2D eigenvalue weighted by atomic mass is 9.43. The zero-order valence-corrected chi connectivity index (χ0v) is 15.7. The Morgan fingerprint density at radius 2 is 1.78 bits per heavy atom. The van der Waals surface area contributed by atoms with Crippen molar-refractivity contribution in [1.29, 1.82) is 0 Å². The molecule has 0 amide bonds. The van der Waals surface area contributed by atoms with Crippen LogP contribution < -0.4 is 0 Å². The highest BCUT2D eigenvalue weighted by molar-refractivity contribution is 5.09. The van der Waals surface area contributed by atoms with Crippen LogP contribution in [0.25, 0.3) is 0 Å². The molecule has 0 heterocycles. The van der Waals surface area contributed by atoms with E-state index in [9.17, 15) is 5.11 Å². The number of rotatable bonds is 2. The van der Waals surface area contributed by atoms with Crippen molar-refractivity contribution in [2.75, 3.05) is 6.61 Å². The predicted molar refractivity (Wildman–Crippen MR) is 96.1 cm³/mol. The van der Waals surface area contributed by atoms with Gasteiger partial charge in [-0.1, -0.05) is 27.2 Å². The van der Waals surface area contributed by atoms with Crippen molar-refractivity contribution >= 4 is 0 Å². The molecular formula is C22H38O. The number of hydrogen-bond acceptors (Lipinski definition) is 1. The molecule has 4 saturated carbocycles. The van der Waals surface area contributed by atoms with Crippen LogP contribution in [0.1, 0.15) is 85.0 Å². The van der Waals surface area contributed by atoms with E-state index in [0.29, 0.717) is 23.4 Å². The van der Waals surface area contributed by atoms with Gasteiger partial charge in [-0.2, -0.15) is 0 Å². The minimum Gasteiger partial charge on any atom is -0.396 e. The number of aliphatic hydroxyl groups excluding tert-OH is 1. The Balaban J connectivity index is 1.63. The molecule has 4 aliphatic rings. The van der Waals surface area contributed by atoms with Crippen molar-refractivity contribution in [3.8, 4) is 0 Å². The van der Waals surface area contributed by atoms with Gasteiger partial charge in [0, 0.05) is 6.61 Å². The van der Waals surface area contributed by atoms with E-state index in [1.165, 1.54) is 64.2 Å². The van der Waals surface area contributed by atoms with Crippen molar-refractivity contribution < 1.29 is 5.11 Å². The minimum atomic E-state index is 0.434. The monoisotopic (exact) mass is 318 g/mol. The first-order chi connectivity index (χ1) is 11.0. The molecule has 4 fully saturated rings. The van der Waals surface area contributed by atoms with Crippen LogP contribution in [0.15, 0.2) is 0 Å². The van der Waals surface area contributed by atoms with Gasteiger partial charge in [-0.05, 0) is 104 Å². The van der Waals surface area contributed by atoms with E-state index in [-0.39, 0.29) is 0 Å². The third kappa shape index (κ3) is 2.21. The van der Waals surface area contributed by atoms with E-state index in [1.54, 1.807) is 0 Å². The average Bonchev–Trinajstić information content (AvgIpc) is 2.90. The fourth-order valence-corrected chi connectivity index (χ4v) is 8.38. The summed E-state index contributed by atoms with van der Waals surface area (Å²) in [6.45, 7) is 7.97. The highest BCUT2D eigenvalue weighted by atomic mass is 16.3. The SMILES string of the molecule is CC[C@]12CC[C@@H](C)C[C@@H]1CC[C@H]1[C@@H]3CC[C@H](CO)[C@@]3(C)CC[C@@H]12. The van der Waals surface area contributed by atoms with Crippen molar-refractivity contribution in [2.24, 2.45) is 46.3 Å². The molecule has 4 aliphatic carbocycles. The zero-order chi connectivity index (χ0) is 16.2. The molecule has 0 aliphatic heterocycles. The molecule has 0 unspecified atom stereocenters. The van der Waals surface area contributed by atoms with Gasteiger partial charge in [0.25, 0.3) is 0 Å². The number of fused-ring (bicyclic) bond motifs is 5. The fraction of sp³-hybridized carbons (Fsp3) is 1.00. The van der Waals surface area contributed by atoms with E-state index in [4.69, 9.17) is 0 Å². The lowest BCUT2D eigenvalue weighted by Crippen LogP contribution is -2.54. The molecular weight excluding hydrogens is 280 g/mol. The molecule has 1 nitrogen and oxygen atoms in total. The molecule has 0 aromatic carbocycles. The second-order valence-electron chi connectivity index (χ2n) is 10.1. The highest BCUT2D eigenvalue weighted by Crippen LogP contribution is 2.68. The number of aliphatic hydroxyl groups is 1. The Hall–Kier alpha value is -0.0400. The maximum Gasteiger partial charge on any atom is 0.0464 e. The molecule has 4 rings (SSSR count). The van der Waals surface area contributed by atoms with E-state index in [1.807, 2.05) is 0 Å². The zero-order valence-electron chi connectivity index (χ0n) is 15.7. The Bertz CT molecular complexity index is 445. The second kappa shape index (κ2) is 5.75.